The van der Waals surface area contributed by atoms with Crippen molar-refractivity contribution >= 4 is 17.7 Å². The van der Waals surface area contributed by atoms with Gasteiger partial charge in [0.2, 0.25) is 5.91 Å². The molecule has 1 amide bonds. The normalized spacial score (nSPS) is 29.7. The summed E-state index contributed by atoms with van der Waals surface area (Å²) < 4.78 is 1.63. The van der Waals surface area contributed by atoms with Crippen LogP contribution in [0.1, 0.15) is 64.7 Å². The van der Waals surface area contributed by atoms with Gasteiger partial charge in [0.25, 0.3) is 0 Å². The molecule has 4 bridgehead atoms. The molecule has 4 aliphatic rings. The zero-order valence-corrected chi connectivity index (χ0v) is 18.0. The highest BCUT2D eigenvalue weighted by Crippen LogP contribution is 2.57. The molecule has 7 nitrogen and oxygen atoms in total. The van der Waals surface area contributed by atoms with Crippen molar-refractivity contribution in [3.8, 4) is 6.07 Å². The number of H-pyrrole nitrogens is 1. The van der Waals surface area contributed by atoms with Gasteiger partial charge < -0.3 is 4.90 Å². The molecule has 4 aliphatic carbocycles. The summed E-state index contributed by atoms with van der Waals surface area (Å²) in [6, 6.07) is 2.23. The van der Waals surface area contributed by atoms with E-state index in [2.05, 4.69) is 28.1 Å². The molecule has 0 atom stereocenters. The number of unbranched alkanes of at least 4 members (excludes halogenated alkanes) is 1. The molecule has 0 aliphatic heterocycles. The van der Waals surface area contributed by atoms with Crippen molar-refractivity contribution in [3.63, 3.8) is 0 Å². The summed E-state index contributed by atoms with van der Waals surface area (Å²) in [6.45, 7) is 3.22. The van der Waals surface area contributed by atoms with Crippen molar-refractivity contribution in [1.29, 1.82) is 5.26 Å². The first-order chi connectivity index (χ1) is 14.0. The number of nitriles is 1. The lowest BCUT2D eigenvalue weighted by Gasteiger charge is -2.60. The highest BCUT2D eigenvalue weighted by molar-refractivity contribution is 7.99. The average molecular weight is 418 g/mol. The number of carbonyl (C=O) groups excluding carboxylic acids is 1. The van der Waals surface area contributed by atoms with Gasteiger partial charge in [-0.05, 0) is 62.7 Å². The molecule has 5 rings (SSSR count). The smallest absolute Gasteiger partial charge is 0.335 e. The van der Waals surface area contributed by atoms with Gasteiger partial charge in [0.1, 0.15) is 0 Å². The summed E-state index contributed by atoms with van der Waals surface area (Å²) in [5, 5.41) is 16.4. The van der Waals surface area contributed by atoms with E-state index in [0.717, 1.165) is 49.9 Å². The van der Waals surface area contributed by atoms with Crippen LogP contribution in [0.5, 0.6) is 0 Å². The maximum Gasteiger partial charge on any atom is 0.343 e. The molecule has 29 heavy (non-hydrogen) atoms. The lowest BCUT2D eigenvalue weighted by atomic mass is 9.52. The summed E-state index contributed by atoms with van der Waals surface area (Å²) >= 11 is 1.34. The van der Waals surface area contributed by atoms with Gasteiger partial charge in [-0.15, -0.1) is 5.10 Å². The minimum Gasteiger partial charge on any atom is -0.335 e. The maximum atomic E-state index is 13.3. The van der Waals surface area contributed by atoms with Crippen LogP contribution in [0, 0.1) is 29.1 Å². The average Bonchev–Trinajstić information content (AvgIpc) is 3.03. The van der Waals surface area contributed by atoms with Crippen LogP contribution in [0.15, 0.2) is 9.95 Å². The van der Waals surface area contributed by atoms with Gasteiger partial charge in [-0.2, -0.15) is 5.26 Å². The van der Waals surface area contributed by atoms with Crippen LogP contribution in [-0.2, 0) is 11.3 Å². The fourth-order valence-electron chi connectivity index (χ4n) is 6.31. The minimum atomic E-state index is -0.212. The zero-order valence-electron chi connectivity index (χ0n) is 17.2. The fourth-order valence-corrected chi connectivity index (χ4v) is 7.16. The third-order valence-corrected chi connectivity index (χ3v) is 8.07. The van der Waals surface area contributed by atoms with Gasteiger partial charge in [-0.1, -0.05) is 25.1 Å². The van der Waals surface area contributed by atoms with Crippen molar-refractivity contribution in [3.05, 3.63) is 10.5 Å². The number of carbonyl (C=O) groups is 1. The quantitative estimate of drug-likeness (QED) is 0.623. The molecule has 158 valence electrons. The lowest BCUT2D eigenvalue weighted by Crippen LogP contribution is -2.62. The second kappa shape index (κ2) is 8.55. The van der Waals surface area contributed by atoms with E-state index in [4.69, 9.17) is 5.26 Å². The number of hydrogen-bond acceptors (Lipinski definition) is 5. The molecule has 1 aromatic heterocycles. The molecule has 4 saturated carbocycles. The largest absolute Gasteiger partial charge is 0.343 e. The van der Waals surface area contributed by atoms with Crippen molar-refractivity contribution in [2.45, 2.75) is 82.0 Å². The van der Waals surface area contributed by atoms with Crippen molar-refractivity contribution in [1.82, 2.24) is 19.7 Å². The first-order valence-corrected chi connectivity index (χ1v) is 12.0. The number of thioether (sulfide) groups is 1. The van der Waals surface area contributed by atoms with Crippen LogP contribution in [0.2, 0.25) is 0 Å². The van der Waals surface area contributed by atoms with Crippen LogP contribution < -0.4 is 5.69 Å². The van der Waals surface area contributed by atoms with Gasteiger partial charge in [-0.25, -0.2) is 9.89 Å². The molecule has 8 heteroatoms. The third kappa shape index (κ3) is 4.11. The number of amides is 1. The molecule has 1 N–H and O–H groups in total. The Bertz CT molecular complexity index is 804. The standard InChI is InChI=1S/C21H31N5O2S/c1-2-3-6-25-19(28)23-24-20(25)29-14-18(27)26(7-4-5-22)21-11-15-8-16(12-21)10-17(9-15)13-21/h15-17H,2-4,6-14H2,1H3,(H,23,28). The topological polar surface area (TPSA) is 94.8 Å². The lowest BCUT2D eigenvalue weighted by molar-refractivity contribution is -0.147. The Balaban J connectivity index is 1.48. The van der Waals surface area contributed by atoms with Crippen molar-refractivity contribution < 1.29 is 4.79 Å². The fraction of sp³-hybridized carbons (Fsp3) is 0.810. The van der Waals surface area contributed by atoms with Crippen molar-refractivity contribution in [2.24, 2.45) is 17.8 Å². The summed E-state index contributed by atoms with van der Waals surface area (Å²) in [6.07, 6.45) is 9.56. The van der Waals surface area contributed by atoms with Gasteiger partial charge in [0.05, 0.1) is 18.2 Å². The van der Waals surface area contributed by atoms with E-state index in [0.29, 0.717) is 24.7 Å². The molecule has 0 unspecified atom stereocenters. The third-order valence-electron chi connectivity index (χ3n) is 7.11. The Morgan fingerprint density at radius 1 is 1.31 bits per heavy atom. The van der Waals surface area contributed by atoms with E-state index >= 15 is 0 Å². The van der Waals surface area contributed by atoms with E-state index in [1.807, 2.05) is 0 Å². The van der Waals surface area contributed by atoms with Crippen LogP contribution in [0.4, 0.5) is 0 Å². The summed E-state index contributed by atoms with van der Waals surface area (Å²) in [5.74, 6) is 2.60. The molecule has 0 radical (unpaired) electrons. The SMILES string of the molecule is CCCCn1c(SCC(=O)N(CCC#N)C23CC4CC(CC(C4)C2)C3)n[nH]c1=O. The molecule has 1 heterocycles. The highest BCUT2D eigenvalue weighted by atomic mass is 32.2. The summed E-state index contributed by atoms with van der Waals surface area (Å²) in [4.78, 5) is 27.4. The molecule has 0 spiro atoms. The van der Waals surface area contributed by atoms with Crippen LogP contribution in [0.3, 0.4) is 0 Å². The first-order valence-electron chi connectivity index (χ1n) is 11.0. The zero-order chi connectivity index (χ0) is 20.4. The Labute approximate surface area is 176 Å². The number of hydrogen-bond donors (Lipinski definition) is 1. The molecule has 0 aromatic carbocycles. The predicted octanol–water partition coefficient (Wildman–Crippen LogP) is 3.17. The monoisotopic (exact) mass is 417 g/mol. The van der Waals surface area contributed by atoms with E-state index in [1.54, 1.807) is 4.57 Å². The highest BCUT2D eigenvalue weighted by Gasteiger charge is 2.54. The Hall–Kier alpha value is -1.75. The number of aromatic amines is 1. The molecule has 4 fully saturated rings. The summed E-state index contributed by atoms with van der Waals surface area (Å²) in [7, 11) is 0. The number of rotatable bonds is 9. The second-order valence-electron chi connectivity index (χ2n) is 9.20. The van der Waals surface area contributed by atoms with Crippen LogP contribution in [-0.4, -0.2) is 43.4 Å². The first kappa shape index (κ1) is 20.5. The van der Waals surface area contributed by atoms with Crippen LogP contribution >= 0.6 is 11.8 Å². The van der Waals surface area contributed by atoms with Gasteiger partial charge in [0, 0.05) is 18.6 Å². The van der Waals surface area contributed by atoms with Gasteiger partial charge in [-0.3, -0.25) is 9.36 Å². The number of nitrogens with zero attached hydrogens (tertiary/aromatic N) is 4. The Kier molecular flexibility index (Phi) is 6.05. The Morgan fingerprint density at radius 2 is 1.97 bits per heavy atom. The molecule has 1 aromatic rings. The van der Waals surface area contributed by atoms with E-state index in [1.165, 1.54) is 31.0 Å². The van der Waals surface area contributed by atoms with E-state index in [-0.39, 0.29) is 22.9 Å². The van der Waals surface area contributed by atoms with Crippen molar-refractivity contribution in [2.75, 3.05) is 12.3 Å². The Morgan fingerprint density at radius 3 is 2.55 bits per heavy atom. The van der Waals surface area contributed by atoms with Crippen LogP contribution in [0.25, 0.3) is 0 Å². The van der Waals surface area contributed by atoms with E-state index < -0.39 is 0 Å². The summed E-state index contributed by atoms with van der Waals surface area (Å²) in [5.41, 5.74) is -0.257. The molecular formula is C21H31N5O2S. The molecule has 0 saturated heterocycles. The van der Waals surface area contributed by atoms with Gasteiger partial charge in [0.15, 0.2) is 5.16 Å². The number of nitrogens with one attached hydrogen (secondary N) is 1. The molecular weight excluding hydrogens is 386 g/mol. The predicted molar refractivity (Wildman–Crippen MR) is 111 cm³/mol. The number of aromatic nitrogens is 3. The maximum absolute atomic E-state index is 13.3. The second-order valence-corrected chi connectivity index (χ2v) is 10.1. The minimum absolute atomic E-state index is 0.0449. The van der Waals surface area contributed by atoms with E-state index in [9.17, 15) is 9.59 Å². The van der Waals surface area contributed by atoms with Gasteiger partial charge >= 0.3 is 5.69 Å².